The lowest BCUT2D eigenvalue weighted by Gasteiger charge is -2.25. The van der Waals surface area contributed by atoms with Gasteiger partial charge in [-0.1, -0.05) is 12.1 Å². The highest BCUT2D eigenvalue weighted by Crippen LogP contribution is 2.41. The number of carbonyl (C=O) groups is 1. The van der Waals surface area contributed by atoms with Crippen molar-refractivity contribution < 1.29 is 14.3 Å². The number of benzene rings is 1. The van der Waals surface area contributed by atoms with E-state index >= 15 is 0 Å². The Labute approximate surface area is 114 Å². The van der Waals surface area contributed by atoms with Gasteiger partial charge in [-0.3, -0.25) is 0 Å². The molecule has 1 saturated carbocycles. The van der Waals surface area contributed by atoms with Crippen LogP contribution in [-0.2, 0) is 9.53 Å². The number of rotatable bonds is 5. The summed E-state index contributed by atoms with van der Waals surface area (Å²) in [4.78, 5) is 11.8. The lowest BCUT2D eigenvalue weighted by atomic mass is 10.1. The normalized spacial score (nSPS) is 15.2. The molecule has 0 atom stereocenters. The van der Waals surface area contributed by atoms with E-state index in [1.165, 1.54) is 18.4 Å². The number of carbonyl (C=O) groups excluding carboxylic acids is 1. The molecule has 0 spiro atoms. The van der Waals surface area contributed by atoms with Crippen LogP contribution in [0.2, 0.25) is 0 Å². The van der Waals surface area contributed by atoms with Crippen molar-refractivity contribution in [2.45, 2.75) is 52.1 Å². The molecule has 0 aromatic heterocycles. The molecule has 1 aliphatic rings. The third-order valence-corrected chi connectivity index (χ3v) is 3.38. The van der Waals surface area contributed by atoms with Gasteiger partial charge in [0.2, 0.25) is 0 Å². The van der Waals surface area contributed by atoms with Crippen molar-refractivity contribution in [2.75, 3.05) is 6.61 Å². The van der Waals surface area contributed by atoms with Gasteiger partial charge in [-0.05, 0) is 63.6 Å². The second-order valence-corrected chi connectivity index (χ2v) is 5.63. The minimum absolute atomic E-state index is 0.333. The van der Waals surface area contributed by atoms with Gasteiger partial charge in [-0.2, -0.15) is 0 Å². The molecule has 0 N–H and O–H groups in total. The molecule has 104 valence electrons. The molecule has 0 aliphatic heterocycles. The summed E-state index contributed by atoms with van der Waals surface area (Å²) in [5.74, 6) is 1.15. The first-order valence-corrected chi connectivity index (χ1v) is 6.91. The number of hydrogen-bond donors (Lipinski definition) is 0. The summed E-state index contributed by atoms with van der Waals surface area (Å²) >= 11 is 0. The van der Waals surface area contributed by atoms with Gasteiger partial charge in [-0.25, -0.2) is 4.79 Å². The summed E-state index contributed by atoms with van der Waals surface area (Å²) in [7, 11) is 0. The topological polar surface area (TPSA) is 35.5 Å². The van der Waals surface area contributed by atoms with Crippen LogP contribution in [0.15, 0.2) is 18.2 Å². The molecular weight excluding hydrogens is 240 g/mol. The summed E-state index contributed by atoms with van der Waals surface area (Å²) in [6.45, 7) is 7.65. The zero-order valence-electron chi connectivity index (χ0n) is 12.2. The van der Waals surface area contributed by atoms with Crippen molar-refractivity contribution in [3.8, 4) is 5.75 Å². The highest BCUT2D eigenvalue weighted by Gasteiger charge is 2.32. The van der Waals surface area contributed by atoms with Gasteiger partial charge >= 0.3 is 5.97 Å². The van der Waals surface area contributed by atoms with E-state index in [1.54, 1.807) is 20.8 Å². The molecule has 2 rings (SSSR count). The first kappa shape index (κ1) is 13.9. The van der Waals surface area contributed by atoms with Gasteiger partial charge in [0.1, 0.15) is 5.75 Å². The monoisotopic (exact) mass is 262 g/mol. The van der Waals surface area contributed by atoms with Gasteiger partial charge in [0.05, 0.1) is 6.61 Å². The first-order chi connectivity index (χ1) is 8.94. The molecule has 0 bridgehead atoms. The fourth-order valence-electron chi connectivity index (χ4n) is 2.08. The van der Waals surface area contributed by atoms with Gasteiger partial charge < -0.3 is 9.47 Å². The molecule has 3 nitrogen and oxygen atoms in total. The number of hydrogen-bond acceptors (Lipinski definition) is 3. The second kappa shape index (κ2) is 5.24. The van der Waals surface area contributed by atoms with Crippen LogP contribution in [0.1, 0.15) is 50.7 Å². The lowest BCUT2D eigenvalue weighted by Crippen LogP contribution is -2.39. The van der Waals surface area contributed by atoms with Crippen LogP contribution in [-0.4, -0.2) is 18.2 Å². The SMILES string of the molecule is CCOC(=O)C(C)(C)Oc1ccc(C2CC2)cc1C. The Bertz CT molecular complexity index is 473. The average molecular weight is 262 g/mol. The van der Waals surface area contributed by atoms with Crippen molar-refractivity contribution in [1.82, 2.24) is 0 Å². The Kier molecular flexibility index (Phi) is 3.83. The van der Waals surface area contributed by atoms with Crippen LogP contribution >= 0.6 is 0 Å². The number of ether oxygens (including phenoxy) is 2. The molecule has 1 aromatic carbocycles. The molecule has 0 amide bonds. The first-order valence-electron chi connectivity index (χ1n) is 6.91. The molecule has 1 aliphatic carbocycles. The third-order valence-electron chi connectivity index (χ3n) is 3.38. The van der Waals surface area contributed by atoms with Crippen molar-refractivity contribution in [2.24, 2.45) is 0 Å². The standard InChI is InChI=1S/C16H22O3/c1-5-18-15(17)16(3,4)19-14-9-8-13(10-11(14)2)12-6-7-12/h8-10,12H,5-7H2,1-4H3. The molecule has 0 unspecified atom stereocenters. The van der Waals surface area contributed by atoms with E-state index in [0.717, 1.165) is 17.2 Å². The van der Waals surface area contributed by atoms with Crippen molar-refractivity contribution >= 4 is 5.97 Å². The van der Waals surface area contributed by atoms with Gasteiger partial charge in [0, 0.05) is 0 Å². The Morgan fingerprint density at radius 2 is 2.05 bits per heavy atom. The molecule has 1 aromatic rings. The van der Waals surface area contributed by atoms with Crippen LogP contribution in [0.25, 0.3) is 0 Å². The quantitative estimate of drug-likeness (QED) is 0.761. The highest BCUT2D eigenvalue weighted by molar-refractivity contribution is 5.79. The van der Waals surface area contributed by atoms with Crippen LogP contribution < -0.4 is 4.74 Å². The molecule has 0 saturated heterocycles. The van der Waals surface area contributed by atoms with E-state index in [4.69, 9.17) is 9.47 Å². The van der Waals surface area contributed by atoms with Crippen molar-refractivity contribution in [1.29, 1.82) is 0 Å². The molecule has 0 heterocycles. The Morgan fingerprint density at radius 1 is 1.37 bits per heavy atom. The molecular formula is C16H22O3. The highest BCUT2D eigenvalue weighted by atomic mass is 16.6. The minimum atomic E-state index is -0.956. The summed E-state index contributed by atoms with van der Waals surface area (Å²) in [5, 5.41) is 0. The average Bonchev–Trinajstić information content (AvgIpc) is 3.16. The molecule has 3 heteroatoms. The van der Waals surface area contributed by atoms with Crippen molar-refractivity contribution in [3.05, 3.63) is 29.3 Å². The maximum atomic E-state index is 11.8. The lowest BCUT2D eigenvalue weighted by molar-refractivity contribution is -0.158. The predicted octanol–water partition coefficient (Wildman–Crippen LogP) is 3.59. The second-order valence-electron chi connectivity index (χ2n) is 5.63. The Morgan fingerprint density at radius 3 is 2.58 bits per heavy atom. The number of aryl methyl sites for hydroxylation is 1. The van der Waals surface area contributed by atoms with E-state index in [2.05, 4.69) is 12.1 Å². The number of esters is 1. The van der Waals surface area contributed by atoms with E-state index in [0.29, 0.717) is 6.61 Å². The molecule has 1 fully saturated rings. The summed E-state index contributed by atoms with van der Waals surface area (Å²) in [6, 6.07) is 6.22. The van der Waals surface area contributed by atoms with Crippen LogP contribution in [0.3, 0.4) is 0 Å². The fourth-order valence-corrected chi connectivity index (χ4v) is 2.08. The van der Waals surface area contributed by atoms with Crippen LogP contribution in [0.4, 0.5) is 0 Å². The summed E-state index contributed by atoms with van der Waals surface area (Å²) in [6.07, 6.45) is 2.57. The van der Waals surface area contributed by atoms with Crippen molar-refractivity contribution in [3.63, 3.8) is 0 Å². The fraction of sp³-hybridized carbons (Fsp3) is 0.562. The van der Waals surface area contributed by atoms with E-state index < -0.39 is 5.60 Å². The zero-order chi connectivity index (χ0) is 14.0. The van der Waals surface area contributed by atoms with Gasteiger partial charge in [-0.15, -0.1) is 0 Å². The van der Waals surface area contributed by atoms with Crippen LogP contribution in [0, 0.1) is 6.92 Å². The Balaban J connectivity index is 2.11. The van der Waals surface area contributed by atoms with Gasteiger partial charge in [0.25, 0.3) is 0 Å². The maximum absolute atomic E-state index is 11.8. The van der Waals surface area contributed by atoms with E-state index in [-0.39, 0.29) is 5.97 Å². The van der Waals surface area contributed by atoms with E-state index in [1.807, 2.05) is 13.0 Å². The largest absolute Gasteiger partial charge is 0.476 e. The smallest absolute Gasteiger partial charge is 0.349 e. The van der Waals surface area contributed by atoms with E-state index in [9.17, 15) is 4.79 Å². The maximum Gasteiger partial charge on any atom is 0.349 e. The zero-order valence-corrected chi connectivity index (χ0v) is 12.2. The Hall–Kier alpha value is -1.51. The third kappa shape index (κ3) is 3.28. The predicted molar refractivity (Wildman–Crippen MR) is 74.5 cm³/mol. The summed E-state index contributed by atoms with van der Waals surface area (Å²) in [5.41, 5.74) is 1.49. The summed E-state index contributed by atoms with van der Waals surface area (Å²) < 4.78 is 10.9. The van der Waals surface area contributed by atoms with Gasteiger partial charge in [0.15, 0.2) is 5.60 Å². The van der Waals surface area contributed by atoms with Crippen LogP contribution in [0.5, 0.6) is 5.75 Å². The molecule has 19 heavy (non-hydrogen) atoms. The molecule has 0 radical (unpaired) electrons. The minimum Gasteiger partial charge on any atom is -0.476 e.